The molecule has 0 saturated carbocycles. The van der Waals surface area contributed by atoms with E-state index in [1.165, 1.54) is 18.7 Å². The van der Waals surface area contributed by atoms with Crippen LogP contribution in [0.5, 0.6) is 0 Å². The van der Waals surface area contributed by atoms with Crippen molar-refractivity contribution in [3.8, 4) is 0 Å². The number of aliphatic hydroxyl groups is 2. The van der Waals surface area contributed by atoms with E-state index in [1.54, 1.807) is 26.3 Å². The van der Waals surface area contributed by atoms with Crippen LogP contribution in [0, 0.1) is 11.8 Å². The highest BCUT2D eigenvalue weighted by atomic mass is 16.6. The lowest BCUT2D eigenvalue weighted by molar-refractivity contribution is -0.157. The number of amides is 1. The second-order valence-corrected chi connectivity index (χ2v) is 10.2. The number of likely N-dealkylation sites (N-methyl/N-ethyl adjacent to an activating group) is 1. The number of rotatable bonds is 9. The predicted octanol–water partition coefficient (Wildman–Crippen LogP) is 3.17. The lowest BCUT2D eigenvalue weighted by atomic mass is 9.88. The number of hydrogen-bond donors (Lipinski definition) is 2. The summed E-state index contributed by atoms with van der Waals surface area (Å²) in [5, 5.41) is 21.2. The molecule has 10 heteroatoms. The first kappa shape index (κ1) is 33.3. The van der Waals surface area contributed by atoms with Crippen molar-refractivity contribution in [3.05, 3.63) is 36.0 Å². The summed E-state index contributed by atoms with van der Waals surface area (Å²) in [7, 11) is 3.21. The van der Waals surface area contributed by atoms with Gasteiger partial charge in [-0.25, -0.2) is 4.79 Å². The van der Waals surface area contributed by atoms with Gasteiger partial charge in [-0.2, -0.15) is 0 Å². The van der Waals surface area contributed by atoms with Crippen molar-refractivity contribution in [1.29, 1.82) is 0 Å². The van der Waals surface area contributed by atoms with Gasteiger partial charge in [0.1, 0.15) is 17.8 Å². The maximum atomic E-state index is 12.5. The molecule has 1 rings (SSSR count). The number of methoxy groups -OCH3 is 1. The third-order valence-electron chi connectivity index (χ3n) is 6.28. The van der Waals surface area contributed by atoms with Gasteiger partial charge in [0.25, 0.3) is 0 Å². The van der Waals surface area contributed by atoms with Gasteiger partial charge in [-0.15, -0.1) is 0 Å². The number of aliphatic hydroxyl groups excluding tert-OH is 1. The van der Waals surface area contributed by atoms with Crippen LogP contribution in [0.3, 0.4) is 0 Å². The van der Waals surface area contributed by atoms with Crippen LogP contribution < -0.4 is 0 Å². The number of nitrogens with zero attached hydrogens (tertiary/aromatic N) is 1. The largest absolute Gasteiger partial charge is 0.457 e. The fourth-order valence-electron chi connectivity index (χ4n) is 3.81. The second kappa shape index (κ2) is 16.3. The van der Waals surface area contributed by atoms with Crippen LogP contribution in [0.4, 0.5) is 4.79 Å². The molecule has 0 aromatic carbocycles. The molecule has 0 unspecified atom stereocenters. The normalized spacial score (nSPS) is 29.0. The van der Waals surface area contributed by atoms with Gasteiger partial charge in [0.2, 0.25) is 0 Å². The van der Waals surface area contributed by atoms with E-state index in [0.29, 0.717) is 13.2 Å². The molecule has 0 aromatic rings. The van der Waals surface area contributed by atoms with Crippen LogP contribution in [-0.2, 0) is 28.5 Å². The van der Waals surface area contributed by atoms with Crippen LogP contribution in [0.2, 0.25) is 0 Å². The summed E-state index contributed by atoms with van der Waals surface area (Å²) in [5.41, 5.74) is -0.676. The first-order chi connectivity index (χ1) is 17.8. The minimum Gasteiger partial charge on any atom is -0.457 e. The highest BCUT2D eigenvalue weighted by Crippen LogP contribution is 2.27. The van der Waals surface area contributed by atoms with Gasteiger partial charge in [-0.1, -0.05) is 38.2 Å². The lowest BCUT2D eigenvalue weighted by Crippen LogP contribution is -2.42. The van der Waals surface area contributed by atoms with Crippen LogP contribution in [-0.4, -0.2) is 91.0 Å². The number of carbonyl (C=O) groups excluding carboxylic acids is 3. The maximum absolute atomic E-state index is 12.5. The zero-order valence-corrected chi connectivity index (χ0v) is 23.7. The summed E-state index contributed by atoms with van der Waals surface area (Å²) in [4.78, 5) is 37.6. The zero-order chi connectivity index (χ0) is 28.9. The minimum absolute atomic E-state index is 0.0585. The maximum Gasteiger partial charge on any atom is 0.409 e. The molecule has 216 valence electrons. The molecule has 0 bridgehead atoms. The minimum atomic E-state index is -1.42. The van der Waals surface area contributed by atoms with Crippen LogP contribution in [0.15, 0.2) is 36.0 Å². The monoisotopic (exact) mass is 539 g/mol. The summed E-state index contributed by atoms with van der Waals surface area (Å²) in [6, 6.07) is 0. The standard InChI is InChI=1S/C28H45NO9/c1-19(18-36-27(33)29(6)15-16-35-7)9-8-10-20(2)26-21(3)11-12-24(37-22(4)30)28(5,34)14-13-23(31)17-25(32)38-26/h8-12,19,21,23-24,26,31,34H,13-18H2,1-7H3/b9-8+,12-11-,20-10+/t19-,21-,23-,24-,26+,28-/m0/s1. The van der Waals surface area contributed by atoms with E-state index in [2.05, 4.69) is 0 Å². The molecule has 1 heterocycles. The quantitative estimate of drug-likeness (QED) is 0.196. The smallest absolute Gasteiger partial charge is 0.409 e. The van der Waals surface area contributed by atoms with Crippen molar-refractivity contribution in [2.75, 3.05) is 33.9 Å². The molecule has 1 amide bonds. The predicted molar refractivity (Wildman–Crippen MR) is 142 cm³/mol. The van der Waals surface area contributed by atoms with E-state index in [-0.39, 0.29) is 37.7 Å². The topological polar surface area (TPSA) is 132 Å². The summed E-state index contributed by atoms with van der Waals surface area (Å²) >= 11 is 0. The van der Waals surface area contributed by atoms with Gasteiger partial charge in [-0.3, -0.25) is 9.59 Å². The third kappa shape index (κ3) is 12.2. The Morgan fingerprint density at radius 3 is 2.63 bits per heavy atom. The fourth-order valence-corrected chi connectivity index (χ4v) is 3.81. The van der Waals surface area contributed by atoms with E-state index in [0.717, 1.165) is 5.57 Å². The number of allylic oxidation sites excluding steroid dienone is 2. The molecule has 1 aliphatic heterocycles. The Bertz CT molecular complexity index is 864. The molecular weight excluding hydrogens is 494 g/mol. The average Bonchev–Trinajstić information content (AvgIpc) is 2.84. The number of esters is 2. The molecule has 0 aliphatic carbocycles. The highest BCUT2D eigenvalue weighted by molar-refractivity contribution is 5.70. The van der Waals surface area contributed by atoms with Crippen molar-refractivity contribution < 1.29 is 43.5 Å². The molecule has 0 fully saturated rings. The Morgan fingerprint density at radius 2 is 2.00 bits per heavy atom. The number of cyclic esters (lactones) is 1. The SMILES string of the molecule is COCCN(C)C(=O)OC[C@@H](C)/C=C/C=C(\C)[C@H]1OC(=O)C[C@@H](O)CC[C@](C)(O)[C@@H](OC(C)=O)/C=C\[C@@H]1C. The Kier molecular flexibility index (Phi) is 14.3. The van der Waals surface area contributed by atoms with Gasteiger partial charge in [0, 0.05) is 39.5 Å². The van der Waals surface area contributed by atoms with Gasteiger partial charge in [0.15, 0.2) is 0 Å². The molecule has 10 nitrogen and oxygen atoms in total. The van der Waals surface area contributed by atoms with E-state index < -0.39 is 41.9 Å². The molecule has 0 radical (unpaired) electrons. The molecule has 0 aromatic heterocycles. The first-order valence-corrected chi connectivity index (χ1v) is 12.9. The molecule has 2 N–H and O–H groups in total. The fraction of sp³-hybridized carbons (Fsp3) is 0.679. The third-order valence-corrected chi connectivity index (χ3v) is 6.28. The summed E-state index contributed by atoms with van der Waals surface area (Å²) in [5.74, 6) is -1.47. The Hall–Kier alpha value is -2.69. The van der Waals surface area contributed by atoms with Crippen molar-refractivity contribution in [2.45, 2.75) is 77.8 Å². The molecule has 0 saturated heterocycles. The Balaban J connectivity index is 2.99. The van der Waals surface area contributed by atoms with E-state index in [9.17, 15) is 24.6 Å². The van der Waals surface area contributed by atoms with Crippen LogP contribution in [0.25, 0.3) is 0 Å². The zero-order valence-electron chi connectivity index (χ0n) is 23.7. The lowest BCUT2D eigenvalue weighted by Gasteiger charge is -2.32. The van der Waals surface area contributed by atoms with E-state index >= 15 is 0 Å². The Morgan fingerprint density at radius 1 is 1.32 bits per heavy atom. The van der Waals surface area contributed by atoms with Crippen molar-refractivity contribution in [1.82, 2.24) is 4.90 Å². The number of hydrogen-bond acceptors (Lipinski definition) is 9. The molecule has 0 spiro atoms. The van der Waals surface area contributed by atoms with Gasteiger partial charge < -0.3 is 34.1 Å². The summed E-state index contributed by atoms with van der Waals surface area (Å²) in [6.45, 7) is 9.44. The summed E-state index contributed by atoms with van der Waals surface area (Å²) < 4.78 is 21.3. The van der Waals surface area contributed by atoms with Crippen molar-refractivity contribution in [2.24, 2.45) is 11.8 Å². The van der Waals surface area contributed by atoms with Gasteiger partial charge >= 0.3 is 18.0 Å². The number of carbonyl (C=O) groups is 3. The molecule has 38 heavy (non-hydrogen) atoms. The van der Waals surface area contributed by atoms with Crippen molar-refractivity contribution in [3.63, 3.8) is 0 Å². The van der Waals surface area contributed by atoms with E-state index in [1.807, 2.05) is 39.0 Å². The summed E-state index contributed by atoms with van der Waals surface area (Å²) in [6.07, 6.45) is 5.89. The molecule has 6 atom stereocenters. The van der Waals surface area contributed by atoms with Gasteiger partial charge in [-0.05, 0) is 38.3 Å². The van der Waals surface area contributed by atoms with Crippen LogP contribution in [0.1, 0.15) is 53.9 Å². The van der Waals surface area contributed by atoms with Crippen LogP contribution >= 0.6 is 0 Å². The first-order valence-electron chi connectivity index (χ1n) is 12.9. The van der Waals surface area contributed by atoms with E-state index in [4.69, 9.17) is 18.9 Å². The second-order valence-electron chi connectivity index (χ2n) is 10.2. The molecular formula is C28H45NO9. The highest BCUT2D eigenvalue weighted by Gasteiger charge is 2.35. The van der Waals surface area contributed by atoms with Crippen molar-refractivity contribution >= 4 is 18.0 Å². The van der Waals surface area contributed by atoms with Gasteiger partial charge in [0.05, 0.1) is 25.7 Å². The Labute approximate surface area is 226 Å². The average molecular weight is 540 g/mol. The molecule has 1 aliphatic rings. The number of ether oxygens (including phenoxy) is 4.